The molecular weight excluding hydrogens is 402 g/mol. The summed E-state index contributed by atoms with van der Waals surface area (Å²) in [4.78, 5) is 11.6. The maximum absolute atomic E-state index is 6.04. The number of nitrogens with zero attached hydrogens (tertiary/aromatic N) is 6. The van der Waals surface area contributed by atoms with Crippen molar-refractivity contribution in [2.75, 3.05) is 26.2 Å². The van der Waals surface area contributed by atoms with Crippen molar-refractivity contribution >= 4 is 17.6 Å². The highest BCUT2D eigenvalue weighted by molar-refractivity contribution is 6.30. The maximum Gasteiger partial charge on any atom is 0.228 e. The van der Waals surface area contributed by atoms with Crippen LogP contribution in [0.4, 0.5) is 0 Å². The normalized spacial score (nSPS) is 17.0. The Labute approximate surface area is 180 Å². The average molecular weight is 428 g/mol. The molecule has 1 aromatic carbocycles. The monoisotopic (exact) mass is 427 g/mol. The smallest absolute Gasteiger partial charge is 0.228 e. The minimum Gasteiger partial charge on any atom is -0.357 e. The van der Waals surface area contributed by atoms with E-state index in [-0.39, 0.29) is 0 Å². The molecule has 0 radical (unpaired) electrons. The zero-order valence-electron chi connectivity index (χ0n) is 17.3. The number of aryl methyl sites for hydroxylation is 1. The fourth-order valence-electron chi connectivity index (χ4n) is 3.66. The number of likely N-dealkylation sites (tertiary alicyclic amines) is 1. The molecule has 1 aliphatic heterocycles. The van der Waals surface area contributed by atoms with Gasteiger partial charge >= 0.3 is 0 Å². The first kappa shape index (κ1) is 20.4. The van der Waals surface area contributed by atoms with Crippen LogP contribution >= 0.6 is 11.6 Å². The number of hydrogen-bond donors (Lipinski definition) is 1. The molecule has 2 aromatic heterocycles. The molecule has 3 heterocycles. The second kappa shape index (κ2) is 9.30. The second-order valence-electron chi connectivity index (χ2n) is 7.39. The van der Waals surface area contributed by atoms with Crippen LogP contribution < -0.4 is 5.32 Å². The van der Waals surface area contributed by atoms with Gasteiger partial charge < -0.3 is 14.7 Å². The van der Waals surface area contributed by atoms with Crippen molar-refractivity contribution in [3.63, 3.8) is 0 Å². The Kier molecular flexibility index (Phi) is 6.32. The predicted molar refractivity (Wildman–Crippen MR) is 117 cm³/mol. The molecule has 0 aliphatic carbocycles. The molecule has 30 heavy (non-hydrogen) atoms. The topological polar surface area (TPSA) is 84.4 Å². The molecule has 158 valence electrons. The lowest BCUT2D eigenvalue weighted by molar-refractivity contribution is 0.380. The van der Waals surface area contributed by atoms with E-state index in [0.29, 0.717) is 35.6 Å². The highest BCUT2D eigenvalue weighted by Gasteiger charge is 2.26. The van der Waals surface area contributed by atoms with Gasteiger partial charge in [-0.3, -0.25) is 9.67 Å². The molecule has 9 heteroatoms. The van der Waals surface area contributed by atoms with Crippen molar-refractivity contribution < 1.29 is 4.52 Å². The molecule has 1 fully saturated rings. The molecule has 0 spiro atoms. The predicted octanol–water partition coefficient (Wildman–Crippen LogP) is 3.12. The first-order valence-corrected chi connectivity index (χ1v) is 10.6. The van der Waals surface area contributed by atoms with E-state index in [2.05, 4.69) is 38.6 Å². The van der Waals surface area contributed by atoms with Gasteiger partial charge in [-0.05, 0) is 31.0 Å². The molecule has 0 saturated carbocycles. The van der Waals surface area contributed by atoms with Gasteiger partial charge in [0.1, 0.15) is 0 Å². The molecule has 4 rings (SSSR count). The summed E-state index contributed by atoms with van der Waals surface area (Å²) in [7, 11) is 1.96. The van der Waals surface area contributed by atoms with E-state index in [4.69, 9.17) is 21.1 Å². The Hall–Kier alpha value is -2.87. The molecule has 3 aromatic rings. The van der Waals surface area contributed by atoms with Gasteiger partial charge in [-0.2, -0.15) is 10.1 Å². The van der Waals surface area contributed by atoms with Gasteiger partial charge in [-0.1, -0.05) is 28.9 Å². The molecule has 1 unspecified atom stereocenters. The van der Waals surface area contributed by atoms with E-state index in [1.165, 1.54) is 5.56 Å². The Morgan fingerprint density at radius 3 is 3.07 bits per heavy atom. The molecule has 1 saturated heterocycles. The summed E-state index contributed by atoms with van der Waals surface area (Å²) in [5.41, 5.74) is 2.13. The van der Waals surface area contributed by atoms with Gasteiger partial charge in [0.15, 0.2) is 5.96 Å². The summed E-state index contributed by atoms with van der Waals surface area (Å²) >= 11 is 6.04. The largest absolute Gasteiger partial charge is 0.357 e. The van der Waals surface area contributed by atoms with E-state index >= 15 is 0 Å². The van der Waals surface area contributed by atoms with Gasteiger partial charge in [0.05, 0.1) is 12.7 Å². The molecule has 1 atom stereocenters. The number of guanidine groups is 1. The highest BCUT2D eigenvalue weighted by Crippen LogP contribution is 2.26. The van der Waals surface area contributed by atoms with Crippen molar-refractivity contribution in [1.82, 2.24) is 30.1 Å². The number of rotatable bonds is 6. The van der Waals surface area contributed by atoms with Crippen molar-refractivity contribution in [2.45, 2.75) is 25.7 Å². The van der Waals surface area contributed by atoms with Crippen LogP contribution in [-0.2, 0) is 13.5 Å². The van der Waals surface area contributed by atoms with Crippen LogP contribution in [-0.4, -0.2) is 57.0 Å². The fourth-order valence-corrected chi connectivity index (χ4v) is 3.85. The fraction of sp³-hybridized carbons (Fsp3) is 0.429. The molecule has 1 aliphatic rings. The Morgan fingerprint density at radius 1 is 1.40 bits per heavy atom. The number of hydrogen-bond acceptors (Lipinski definition) is 5. The number of halogens is 1. The summed E-state index contributed by atoms with van der Waals surface area (Å²) < 4.78 is 7.25. The SMILES string of the molecule is CCNC(=NCCc1nc(-c2cccc(Cl)c2)no1)N1CCC(c2cnn(C)c2)C1. The van der Waals surface area contributed by atoms with Crippen LogP contribution in [0.15, 0.2) is 46.2 Å². The van der Waals surface area contributed by atoms with Gasteiger partial charge in [0.2, 0.25) is 11.7 Å². The lowest BCUT2D eigenvalue weighted by atomic mass is 10.0. The van der Waals surface area contributed by atoms with E-state index in [1.54, 1.807) is 0 Å². The van der Waals surface area contributed by atoms with Crippen molar-refractivity contribution in [2.24, 2.45) is 12.0 Å². The van der Waals surface area contributed by atoms with Crippen LogP contribution in [0.3, 0.4) is 0 Å². The average Bonchev–Trinajstić information content (AvgIpc) is 3.48. The van der Waals surface area contributed by atoms with Crippen LogP contribution in [0, 0.1) is 0 Å². The summed E-state index contributed by atoms with van der Waals surface area (Å²) in [6, 6.07) is 7.42. The van der Waals surface area contributed by atoms with Crippen molar-refractivity contribution in [3.8, 4) is 11.4 Å². The number of aliphatic imine (C=N–C) groups is 1. The van der Waals surface area contributed by atoms with Crippen LogP contribution in [0.2, 0.25) is 5.02 Å². The molecule has 0 bridgehead atoms. The summed E-state index contributed by atoms with van der Waals surface area (Å²) in [5, 5.41) is 12.4. The lowest BCUT2D eigenvalue weighted by Crippen LogP contribution is -2.40. The number of aromatic nitrogens is 4. The van der Waals surface area contributed by atoms with E-state index in [0.717, 1.165) is 37.6 Å². The maximum atomic E-state index is 6.04. The zero-order chi connectivity index (χ0) is 20.9. The lowest BCUT2D eigenvalue weighted by Gasteiger charge is -2.21. The number of benzene rings is 1. The molecule has 8 nitrogen and oxygen atoms in total. The van der Waals surface area contributed by atoms with Gasteiger partial charge in [-0.25, -0.2) is 0 Å². The van der Waals surface area contributed by atoms with Crippen LogP contribution in [0.5, 0.6) is 0 Å². The van der Waals surface area contributed by atoms with Gasteiger partial charge in [-0.15, -0.1) is 0 Å². The third-order valence-electron chi connectivity index (χ3n) is 5.16. The number of nitrogens with one attached hydrogen (secondary N) is 1. The summed E-state index contributed by atoms with van der Waals surface area (Å²) in [5.74, 6) is 2.53. The molecular formula is C21H26ClN7O. The van der Waals surface area contributed by atoms with Gasteiger partial charge in [0, 0.05) is 55.8 Å². The van der Waals surface area contributed by atoms with Gasteiger partial charge in [0.25, 0.3) is 0 Å². The van der Waals surface area contributed by atoms with Crippen molar-refractivity contribution in [1.29, 1.82) is 0 Å². The Balaban J connectivity index is 1.37. The van der Waals surface area contributed by atoms with Crippen molar-refractivity contribution in [3.05, 3.63) is 53.1 Å². The van der Waals surface area contributed by atoms with E-state index in [1.807, 2.05) is 42.2 Å². The first-order valence-electron chi connectivity index (χ1n) is 10.2. The quantitative estimate of drug-likeness (QED) is 0.480. The van der Waals surface area contributed by atoms with E-state index in [9.17, 15) is 0 Å². The minimum absolute atomic E-state index is 0.485. The van der Waals surface area contributed by atoms with Crippen LogP contribution in [0.1, 0.15) is 30.7 Å². The molecule has 0 amide bonds. The molecule has 1 N–H and O–H groups in total. The highest BCUT2D eigenvalue weighted by atomic mass is 35.5. The standard InChI is InChI=1S/C21H26ClN7O/c1-3-23-21(29-10-8-16(14-29)17-12-25-28(2)13-17)24-9-7-19-26-20(27-30-19)15-5-4-6-18(22)11-15/h4-6,11-13,16H,3,7-10,14H2,1-2H3,(H,23,24). The second-order valence-corrected chi connectivity index (χ2v) is 7.82. The van der Waals surface area contributed by atoms with Crippen LogP contribution in [0.25, 0.3) is 11.4 Å². The summed E-state index contributed by atoms with van der Waals surface area (Å²) in [6.45, 7) is 5.40. The first-order chi connectivity index (χ1) is 14.6. The Bertz CT molecular complexity index is 1010. The zero-order valence-corrected chi connectivity index (χ0v) is 18.0. The summed E-state index contributed by atoms with van der Waals surface area (Å²) in [6.07, 6.45) is 5.75. The minimum atomic E-state index is 0.485. The third-order valence-corrected chi connectivity index (χ3v) is 5.39. The Morgan fingerprint density at radius 2 is 2.30 bits per heavy atom. The third kappa shape index (κ3) is 4.81. The van der Waals surface area contributed by atoms with E-state index < -0.39 is 0 Å².